The lowest BCUT2D eigenvalue weighted by Crippen LogP contribution is -2.43. The fraction of sp³-hybridized carbons (Fsp3) is 0.910. The van der Waals surface area contributed by atoms with Gasteiger partial charge in [0, 0.05) is 25.9 Å². The normalized spacial score (nSPS) is 11.8. The zero-order valence-corrected chi connectivity index (χ0v) is 49.7. The molecule has 0 radical (unpaired) electrons. The highest BCUT2D eigenvalue weighted by Gasteiger charge is 2.33. The van der Waals surface area contributed by atoms with Gasteiger partial charge in [-0.1, -0.05) is 316 Å². The van der Waals surface area contributed by atoms with E-state index >= 15 is 0 Å². The molecular weight excluding hydrogens is 885 g/mol. The van der Waals surface area contributed by atoms with Crippen LogP contribution in [0.15, 0.2) is 18.2 Å². The van der Waals surface area contributed by atoms with Gasteiger partial charge in [-0.2, -0.15) is 0 Å². The Bertz CT molecular complexity index is 1090. The molecule has 0 saturated heterocycles. The highest BCUT2D eigenvalue weighted by molar-refractivity contribution is 5.39. The van der Waals surface area contributed by atoms with Crippen molar-refractivity contribution in [1.82, 2.24) is 0 Å². The maximum Gasteiger partial charge on any atom is 0.125 e. The van der Waals surface area contributed by atoms with E-state index in [2.05, 4.69) is 39.8 Å². The van der Waals surface area contributed by atoms with E-state index in [4.69, 9.17) is 23.7 Å². The van der Waals surface area contributed by atoms with Gasteiger partial charge in [-0.25, -0.2) is 0 Å². The van der Waals surface area contributed by atoms with Gasteiger partial charge in [-0.05, 0) is 37.8 Å². The van der Waals surface area contributed by atoms with Gasteiger partial charge in [0.05, 0.1) is 32.3 Å². The lowest BCUT2D eigenvalue weighted by Gasteiger charge is -2.33. The number of aryl methyl sites for hydroxylation is 1. The molecule has 0 saturated carbocycles. The third-order valence-corrected chi connectivity index (χ3v) is 15.6. The van der Waals surface area contributed by atoms with Crippen molar-refractivity contribution in [2.75, 3.05) is 53.4 Å². The summed E-state index contributed by atoms with van der Waals surface area (Å²) >= 11 is 0. The molecule has 426 valence electrons. The lowest BCUT2D eigenvalue weighted by atomic mass is 9.92. The minimum atomic E-state index is -0.378. The second-order valence-electron chi connectivity index (χ2n) is 23.0. The van der Waals surface area contributed by atoms with Gasteiger partial charge < -0.3 is 23.7 Å². The summed E-state index contributed by atoms with van der Waals surface area (Å²) < 4.78 is 32.0. The molecule has 1 rings (SSSR count). The summed E-state index contributed by atoms with van der Waals surface area (Å²) in [7, 11) is 1.74. The Morgan fingerprint density at radius 3 is 0.778 bits per heavy atom. The van der Waals surface area contributed by atoms with Crippen molar-refractivity contribution in [1.29, 1.82) is 0 Å². The van der Waals surface area contributed by atoms with Crippen LogP contribution in [-0.4, -0.2) is 53.4 Å². The summed E-state index contributed by atoms with van der Waals surface area (Å²) in [6, 6.07) is 6.17. The summed E-state index contributed by atoms with van der Waals surface area (Å²) in [5.41, 5.74) is 0.736. The Balaban J connectivity index is 2.57. The van der Waals surface area contributed by atoms with Crippen molar-refractivity contribution in [3.8, 4) is 11.5 Å². The molecule has 0 bridgehead atoms. The van der Waals surface area contributed by atoms with E-state index in [1.54, 1.807) is 7.11 Å². The number of ether oxygens (including phenoxy) is 5. The summed E-state index contributed by atoms with van der Waals surface area (Å²) in [5.74, 6) is 1.69. The molecule has 0 heterocycles. The molecule has 0 aliphatic rings. The van der Waals surface area contributed by atoms with Crippen molar-refractivity contribution >= 4 is 0 Å². The minimum absolute atomic E-state index is 0.378. The fourth-order valence-corrected chi connectivity index (χ4v) is 10.5. The number of rotatable bonds is 61. The predicted molar refractivity (Wildman–Crippen MR) is 317 cm³/mol. The van der Waals surface area contributed by atoms with Crippen LogP contribution in [0.1, 0.15) is 335 Å². The topological polar surface area (TPSA) is 46.2 Å². The van der Waals surface area contributed by atoms with E-state index in [1.165, 1.54) is 289 Å². The van der Waals surface area contributed by atoms with Crippen molar-refractivity contribution < 1.29 is 23.7 Å². The average Bonchev–Trinajstić information content (AvgIpc) is 3.39. The molecule has 0 spiro atoms. The number of hydrogen-bond donors (Lipinski definition) is 0. The molecule has 0 amide bonds. The molecule has 1 aromatic carbocycles. The fourth-order valence-electron chi connectivity index (χ4n) is 10.5. The molecule has 72 heavy (non-hydrogen) atoms. The third-order valence-electron chi connectivity index (χ3n) is 15.6. The van der Waals surface area contributed by atoms with Gasteiger partial charge in [0.25, 0.3) is 0 Å². The van der Waals surface area contributed by atoms with Gasteiger partial charge in [-0.3, -0.25) is 0 Å². The average molecular weight is 1010 g/mol. The predicted octanol–water partition coefficient (Wildman–Crippen LogP) is 22.2. The summed E-state index contributed by atoms with van der Waals surface area (Å²) in [4.78, 5) is 0. The zero-order chi connectivity index (χ0) is 51.8. The third kappa shape index (κ3) is 46.0. The molecule has 0 atom stereocenters. The SMILES string of the molecule is CCCCCCCCCCCCCCCCCCOCC(COCCCCCCCCCCCCCCCCCC)(COCCCCCCCCCCCCCCCCCC)COc1ccc(C)c(OC)c1. The molecule has 0 unspecified atom stereocenters. The van der Waals surface area contributed by atoms with Crippen LogP contribution in [0.4, 0.5) is 0 Å². The minimum Gasteiger partial charge on any atom is -0.496 e. The van der Waals surface area contributed by atoms with Gasteiger partial charge in [0.2, 0.25) is 0 Å². The maximum atomic E-state index is 6.61. The van der Waals surface area contributed by atoms with Gasteiger partial charge in [-0.15, -0.1) is 0 Å². The first-order valence-electron chi connectivity index (χ1n) is 32.6. The zero-order valence-electron chi connectivity index (χ0n) is 49.7. The number of unbranched alkanes of at least 4 members (excludes halogenated alkanes) is 45. The van der Waals surface area contributed by atoms with Gasteiger partial charge >= 0.3 is 0 Å². The van der Waals surface area contributed by atoms with E-state index in [-0.39, 0.29) is 5.41 Å². The van der Waals surface area contributed by atoms with Crippen molar-refractivity contribution in [3.63, 3.8) is 0 Å². The number of benzene rings is 1. The largest absolute Gasteiger partial charge is 0.496 e. The van der Waals surface area contributed by atoms with Crippen LogP contribution < -0.4 is 9.47 Å². The smallest absolute Gasteiger partial charge is 0.125 e. The molecule has 0 aromatic heterocycles. The molecular formula is C67H128O5. The van der Waals surface area contributed by atoms with Crippen LogP contribution in [0.3, 0.4) is 0 Å². The first-order chi connectivity index (χ1) is 35.6. The molecule has 0 aliphatic heterocycles. The number of hydrogen-bond acceptors (Lipinski definition) is 5. The summed E-state index contributed by atoms with van der Waals surface area (Å²) in [6.45, 7) is 13.6. The molecule has 5 nitrogen and oxygen atoms in total. The number of methoxy groups -OCH3 is 1. The first kappa shape index (κ1) is 68.7. The Morgan fingerprint density at radius 2 is 0.542 bits per heavy atom. The van der Waals surface area contributed by atoms with E-state index in [0.29, 0.717) is 26.4 Å². The Labute approximate surface area is 451 Å². The lowest BCUT2D eigenvalue weighted by molar-refractivity contribution is -0.0893. The monoisotopic (exact) mass is 1010 g/mol. The van der Waals surface area contributed by atoms with Crippen molar-refractivity contribution in [2.24, 2.45) is 5.41 Å². The van der Waals surface area contributed by atoms with E-state index < -0.39 is 0 Å². The van der Waals surface area contributed by atoms with Crippen LogP contribution in [0.2, 0.25) is 0 Å². The molecule has 1 aromatic rings. The standard InChI is InChI=1S/C67H128O5/c1-6-9-12-15-18-21-24-27-30-33-36-39-42-45-48-51-56-69-60-67(63-72-65-55-54-64(4)66(59-65)68-5,61-70-57-52-49-46-43-40-37-34-31-28-25-22-19-16-13-10-7-2)62-71-58-53-50-47-44-41-38-35-32-29-26-23-20-17-14-11-8-3/h54-55,59H,6-53,56-58,60-63H2,1-5H3. The molecule has 5 heteroatoms. The van der Waals surface area contributed by atoms with E-state index in [0.717, 1.165) is 56.1 Å². The molecule has 0 fully saturated rings. The summed E-state index contributed by atoms with van der Waals surface area (Å²) in [5, 5.41) is 0. The first-order valence-corrected chi connectivity index (χ1v) is 32.6. The van der Waals surface area contributed by atoms with Crippen LogP contribution >= 0.6 is 0 Å². The molecule has 0 N–H and O–H groups in total. The van der Waals surface area contributed by atoms with Crippen LogP contribution in [0.5, 0.6) is 11.5 Å². The van der Waals surface area contributed by atoms with Crippen LogP contribution in [-0.2, 0) is 14.2 Å². The quantitative estimate of drug-likeness (QED) is 0.0609. The highest BCUT2D eigenvalue weighted by atomic mass is 16.5. The second kappa shape index (κ2) is 55.9. The Morgan fingerprint density at radius 1 is 0.306 bits per heavy atom. The van der Waals surface area contributed by atoms with E-state index in [1.807, 2.05) is 6.07 Å². The van der Waals surface area contributed by atoms with Crippen LogP contribution in [0, 0.1) is 12.3 Å². The Hall–Kier alpha value is -1.30. The van der Waals surface area contributed by atoms with Crippen molar-refractivity contribution in [3.05, 3.63) is 23.8 Å². The van der Waals surface area contributed by atoms with Crippen molar-refractivity contribution in [2.45, 2.75) is 336 Å². The van der Waals surface area contributed by atoms with Gasteiger partial charge in [0.15, 0.2) is 0 Å². The highest BCUT2D eigenvalue weighted by Crippen LogP contribution is 2.28. The maximum absolute atomic E-state index is 6.61. The molecule has 0 aliphatic carbocycles. The second-order valence-corrected chi connectivity index (χ2v) is 23.0. The van der Waals surface area contributed by atoms with Gasteiger partial charge in [0.1, 0.15) is 18.1 Å². The summed E-state index contributed by atoms with van der Waals surface area (Å²) in [6.07, 6.45) is 66.3. The van der Waals surface area contributed by atoms with E-state index in [9.17, 15) is 0 Å². The van der Waals surface area contributed by atoms with Crippen LogP contribution in [0.25, 0.3) is 0 Å². The Kier molecular flexibility index (Phi) is 53.4.